The quantitative estimate of drug-likeness (QED) is 0.900. The lowest BCUT2D eigenvalue weighted by atomic mass is 9.89. The summed E-state index contributed by atoms with van der Waals surface area (Å²) in [5.74, 6) is 0.575. The number of benzene rings is 1. The molecule has 1 aliphatic heterocycles. The van der Waals surface area contributed by atoms with Crippen molar-refractivity contribution in [2.45, 2.75) is 64.6 Å². The van der Waals surface area contributed by atoms with Gasteiger partial charge in [0.25, 0.3) is 0 Å². The third-order valence-corrected chi connectivity index (χ3v) is 4.72. The fraction of sp³-hybridized carbons (Fsp3) is 0.667. The Morgan fingerprint density at radius 2 is 1.80 bits per heavy atom. The predicted octanol–water partition coefficient (Wildman–Crippen LogP) is 3.98. The number of nitrogens with zero attached hydrogens (tertiary/aromatic N) is 1. The van der Waals surface area contributed by atoms with Gasteiger partial charge in [0.2, 0.25) is 0 Å². The Bertz CT molecular complexity index is 388. The third kappa shape index (κ3) is 3.62. The van der Waals surface area contributed by atoms with E-state index in [1.54, 1.807) is 0 Å². The molecule has 2 rings (SSSR count). The molecule has 0 aromatic heterocycles. The highest BCUT2D eigenvalue weighted by atomic mass is 15.2. The van der Waals surface area contributed by atoms with E-state index < -0.39 is 0 Å². The van der Waals surface area contributed by atoms with Crippen LogP contribution in [0.3, 0.4) is 0 Å². The molecule has 1 aromatic carbocycles. The highest BCUT2D eigenvalue weighted by molar-refractivity contribution is 5.20. The second-order valence-corrected chi connectivity index (χ2v) is 6.61. The van der Waals surface area contributed by atoms with Crippen LogP contribution in [0.2, 0.25) is 0 Å². The van der Waals surface area contributed by atoms with E-state index in [0.717, 1.165) is 0 Å². The lowest BCUT2D eigenvalue weighted by molar-refractivity contribution is 0.0924. The molecule has 2 N–H and O–H groups in total. The highest BCUT2D eigenvalue weighted by Crippen LogP contribution is 2.29. The summed E-state index contributed by atoms with van der Waals surface area (Å²) in [5.41, 5.74) is 7.91. The molecular weight excluding hydrogens is 244 g/mol. The largest absolute Gasteiger partial charge is 0.323 e. The van der Waals surface area contributed by atoms with Crippen molar-refractivity contribution in [3.8, 4) is 0 Å². The first-order valence-electron chi connectivity index (χ1n) is 8.17. The van der Waals surface area contributed by atoms with Crippen LogP contribution in [0.1, 0.15) is 58.1 Å². The fourth-order valence-corrected chi connectivity index (χ4v) is 3.62. The van der Waals surface area contributed by atoms with Gasteiger partial charge in [0.15, 0.2) is 0 Å². The summed E-state index contributed by atoms with van der Waals surface area (Å²) in [6, 6.07) is 11.8. The maximum atomic E-state index is 6.64. The monoisotopic (exact) mass is 274 g/mol. The number of nitrogens with two attached hydrogens (primary N) is 1. The molecule has 1 aromatic rings. The van der Waals surface area contributed by atoms with Crippen LogP contribution < -0.4 is 5.73 Å². The van der Waals surface area contributed by atoms with Crippen molar-refractivity contribution in [3.05, 3.63) is 35.9 Å². The SMILES string of the molecule is CC(C)C(C(N)c1ccccc1)N1CCCCCC1C. The molecule has 112 valence electrons. The molecule has 0 amide bonds. The van der Waals surface area contributed by atoms with Crippen LogP contribution >= 0.6 is 0 Å². The van der Waals surface area contributed by atoms with Crippen molar-refractivity contribution in [2.75, 3.05) is 6.54 Å². The maximum Gasteiger partial charge on any atom is 0.0455 e. The Hall–Kier alpha value is -0.860. The molecule has 0 saturated carbocycles. The predicted molar refractivity (Wildman–Crippen MR) is 86.6 cm³/mol. The molecule has 1 saturated heterocycles. The van der Waals surface area contributed by atoms with Crippen molar-refractivity contribution < 1.29 is 0 Å². The summed E-state index contributed by atoms with van der Waals surface area (Å²) in [4.78, 5) is 2.68. The van der Waals surface area contributed by atoms with Crippen molar-refractivity contribution in [1.82, 2.24) is 4.90 Å². The van der Waals surface area contributed by atoms with Crippen molar-refractivity contribution >= 4 is 0 Å². The van der Waals surface area contributed by atoms with Crippen molar-refractivity contribution in [1.29, 1.82) is 0 Å². The molecule has 1 aliphatic rings. The van der Waals surface area contributed by atoms with Crippen LogP contribution in [-0.2, 0) is 0 Å². The van der Waals surface area contributed by atoms with E-state index in [4.69, 9.17) is 5.73 Å². The minimum Gasteiger partial charge on any atom is -0.323 e. The summed E-state index contributed by atoms with van der Waals surface area (Å²) in [6.07, 6.45) is 5.36. The van der Waals surface area contributed by atoms with E-state index in [9.17, 15) is 0 Å². The fourth-order valence-electron chi connectivity index (χ4n) is 3.62. The zero-order chi connectivity index (χ0) is 14.5. The molecular formula is C18H30N2. The average Bonchev–Trinajstić information content (AvgIpc) is 2.65. The molecule has 0 radical (unpaired) electrons. The van der Waals surface area contributed by atoms with E-state index in [1.165, 1.54) is 37.8 Å². The van der Waals surface area contributed by atoms with Gasteiger partial charge >= 0.3 is 0 Å². The normalized spacial score (nSPS) is 24.4. The summed E-state index contributed by atoms with van der Waals surface area (Å²) in [5, 5.41) is 0. The number of likely N-dealkylation sites (tertiary alicyclic amines) is 1. The number of hydrogen-bond acceptors (Lipinski definition) is 2. The summed E-state index contributed by atoms with van der Waals surface area (Å²) >= 11 is 0. The summed E-state index contributed by atoms with van der Waals surface area (Å²) < 4.78 is 0. The van der Waals surface area contributed by atoms with Gasteiger partial charge in [0.05, 0.1) is 0 Å². The van der Waals surface area contributed by atoms with E-state index in [2.05, 4.69) is 56.0 Å². The zero-order valence-electron chi connectivity index (χ0n) is 13.3. The maximum absolute atomic E-state index is 6.64. The van der Waals surface area contributed by atoms with Crippen LogP contribution in [0, 0.1) is 5.92 Å². The minimum atomic E-state index is 0.108. The Morgan fingerprint density at radius 3 is 2.45 bits per heavy atom. The van der Waals surface area contributed by atoms with Gasteiger partial charge in [0.1, 0.15) is 0 Å². The zero-order valence-corrected chi connectivity index (χ0v) is 13.3. The number of rotatable bonds is 4. The van der Waals surface area contributed by atoms with Gasteiger partial charge in [-0.1, -0.05) is 57.0 Å². The van der Waals surface area contributed by atoms with E-state index in [-0.39, 0.29) is 6.04 Å². The second-order valence-electron chi connectivity index (χ2n) is 6.61. The second kappa shape index (κ2) is 7.24. The van der Waals surface area contributed by atoms with Gasteiger partial charge in [-0.25, -0.2) is 0 Å². The molecule has 2 nitrogen and oxygen atoms in total. The smallest absolute Gasteiger partial charge is 0.0455 e. The molecule has 0 aliphatic carbocycles. The van der Waals surface area contributed by atoms with Gasteiger partial charge in [-0.05, 0) is 37.8 Å². The van der Waals surface area contributed by atoms with Crippen molar-refractivity contribution in [3.63, 3.8) is 0 Å². The number of hydrogen-bond donors (Lipinski definition) is 1. The average molecular weight is 274 g/mol. The highest BCUT2D eigenvalue weighted by Gasteiger charge is 2.32. The Balaban J connectivity index is 2.21. The first-order valence-corrected chi connectivity index (χ1v) is 8.17. The van der Waals surface area contributed by atoms with Crippen molar-refractivity contribution in [2.24, 2.45) is 11.7 Å². The van der Waals surface area contributed by atoms with Gasteiger partial charge in [-0.15, -0.1) is 0 Å². The van der Waals surface area contributed by atoms with Gasteiger partial charge in [0, 0.05) is 18.1 Å². The van der Waals surface area contributed by atoms with Gasteiger partial charge in [-0.3, -0.25) is 4.90 Å². The van der Waals surface area contributed by atoms with E-state index >= 15 is 0 Å². The molecule has 3 atom stereocenters. The van der Waals surface area contributed by atoms with E-state index in [0.29, 0.717) is 18.0 Å². The molecule has 0 bridgehead atoms. The first-order chi connectivity index (χ1) is 9.61. The standard InChI is InChI=1S/C18H30N2/c1-14(2)18(17(19)16-11-7-4-8-12-16)20-13-9-5-6-10-15(20)3/h4,7-8,11-12,14-15,17-18H,5-6,9-10,13,19H2,1-3H3. The van der Waals surface area contributed by atoms with Crippen LogP contribution in [0.15, 0.2) is 30.3 Å². The van der Waals surface area contributed by atoms with E-state index in [1.807, 2.05) is 0 Å². The van der Waals surface area contributed by atoms with Crippen LogP contribution in [0.5, 0.6) is 0 Å². The topological polar surface area (TPSA) is 29.3 Å². The molecule has 0 spiro atoms. The Morgan fingerprint density at radius 1 is 1.10 bits per heavy atom. The van der Waals surface area contributed by atoms with Crippen LogP contribution in [-0.4, -0.2) is 23.5 Å². The van der Waals surface area contributed by atoms with Crippen LogP contribution in [0.25, 0.3) is 0 Å². The lowest BCUT2D eigenvalue weighted by Crippen LogP contribution is -2.50. The third-order valence-electron chi connectivity index (χ3n) is 4.72. The Kier molecular flexibility index (Phi) is 5.62. The molecule has 20 heavy (non-hydrogen) atoms. The van der Waals surface area contributed by atoms with Gasteiger partial charge in [-0.2, -0.15) is 0 Å². The van der Waals surface area contributed by atoms with Crippen LogP contribution in [0.4, 0.5) is 0 Å². The Labute approximate surface area is 124 Å². The molecule has 3 unspecified atom stereocenters. The minimum absolute atomic E-state index is 0.108. The molecule has 1 fully saturated rings. The lowest BCUT2D eigenvalue weighted by Gasteiger charge is -2.41. The first kappa shape index (κ1) is 15.5. The molecule has 1 heterocycles. The van der Waals surface area contributed by atoms with Gasteiger partial charge < -0.3 is 5.73 Å². The summed E-state index contributed by atoms with van der Waals surface area (Å²) in [6.45, 7) is 8.19. The summed E-state index contributed by atoms with van der Waals surface area (Å²) in [7, 11) is 0. The molecule has 2 heteroatoms.